The summed E-state index contributed by atoms with van der Waals surface area (Å²) in [6, 6.07) is -1.99. The molecule has 2 fully saturated rings. The molecule has 8 heteroatoms. The molecule has 1 aliphatic carbocycles. The van der Waals surface area contributed by atoms with Gasteiger partial charge < -0.3 is 25.2 Å². The van der Waals surface area contributed by atoms with Crippen LogP contribution >= 0.6 is 0 Å². The predicted molar refractivity (Wildman–Crippen MR) is 70.9 cm³/mol. The Balaban J connectivity index is 2.00. The van der Waals surface area contributed by atoms with Gasteiger partial charge in [0.1, 0.15) is 6.04 Å². The van der Waals surface area contributed by atoms with E-state index in [2.05, 4.69) is 5.32 Å². The van der Waals surface area contributed by atoms with Gasteiger partial charge in [-0.25, -0.2) is 9.59 Å². The van der Waals surface area contributed by atoms with Crippen molar-refractivity contribution in [2.45, 2.75) is 50.3 Å². The molecule has 3 N–H and O–H groups in total. The van der Waals surface area contributed by atoms with Crippen molar-refractivity contribution < 1.29 is 29.3 Å². The Labute approximate surface area is 122 Å². The fourth-order valence-corrected chi connectivity index (χ4v) is 2.96. The Kier molecular flexibility index (Phi) is 5.00. The van der Waals surface area contributed by atoms with Gasteiger partial charge in [-0.05, 0) is 12.8 Å². The third-order valence-corrected chi connectivity index (χ3v) is 3.97. The number of nitrogens with one attached hydrogen (secondary N) is 1. The van der Waals surface area contributed by atoms with Gasteiger partial charge in [-0.3, -0.25) is 4.79 Å². The fourth-order valence-electron chi connectivity index (χ4n) is 2.96. The monoisotopic (exact) mass is 300 g/mol. The average Bonchev–Trinajstić information content (AvgIpc) is 2.45. The summed E-state index contributed by atoms with van der Waals surface area (Å²) in [5, 5.41) is 20.0. The van der Waals surface area contributed by atoms with E-state index >= 15 is 0 Å². The number of fused-ring (bicyclic) bond motifs is 1. The van der Waals surface area contributed by atoms with Crippen LogP contribution in [-0.4, -0.2) is 64.4 Å². The van der Waals surface area contributed by atoms with E-state index in [4.69, 9.17) is 14.9 Å². The molecule has 1 heterocycles. The molecule has 0 aromatic rings. The van der Waals surface area contributed by atoms with E-state index in [-0.39, 0.29) is 12.1 Å². The lowest BCUT2D eigenvalue weighted by Crippen LogP contribution is -2.59. The Morgan fingerprint density at radius 3 is 2.62 bits per heavy atom. The third-order valence-electron chi connectivity index (χ3n) is 3.97. The average molecular weight is 300 g/mol. The highest BCUT2D eigenvalue weighted by Crippen LogP contribution is 2.28. The molecule has 2 rings (SSSR count). The number of carbonyl (C=O) groups excluding carboxylic acids is 1. The Hall–Kier alpha value is -1.83. The lowest BCUT2D eigenvalue weighted by molar-refractivity contribution is -0.145. The quantitative estimate of drug-likeness (QED) is 0.686. The Morgan fingerprint density at radius 2 is 1.95 bits per heavy atom. The number of amides is 2. The molecule has 3 atom stereocenters. The number of carbonyl (C=O) groups is 3. The summed E-state index contributed by atoms with van der Waals surface area (Å²) in [4.78, 5) is 35.5. The lowest BCUT2D eigenvalue weighted by Gasteiger charge is -2.43. The number of carboxylic acid groups (broad SMARTS) is 2. The van der Waals surface area contributed by atoms with Gasteiger partial charge in [-0.2, -0.15) is 0 Å². The molecule has 1 aliphatic heterocycles. The third kappa shape index (κ3) is 3.84. The molecule has 0 aromatic heterocycles. The van der Waals surface area contributed by atoms with Crippen LogP contribution in [0.1, 0.15) is 32.1 Å². The van der Waals surface area contributed by atoms with Crippen LogP contribution in [0.3, 0.4) is 0 Å². The largest absolute Gasteiger partial charge is 0.481 e. The van der Waals surface area contributed by atoms with E-state index in [1.807, 2.05) is 0 Å². The van der Waals surface area contributed by atoms with Gasteiger partial charge in [-0.1, -0.05) is 12.8 Å². The number of morpholine rings is 1. The van der Waals surface area contributed by atoms with Crippen molar-refractivity contribution in [3.05, 3.63) is 0 Å². The topological polar surface area (TPSA) is 116 Å². The summed E-state index contributed by atoms with van der Waals surface area (Å²) in [6.45, 7) is 0.817. The second-order valence-electron chi connectivity index (χ2n) is 5.39. The van der Waals surface area contributed by atoms with Crippen LogP contribution in [0.5, 0.6) is 0 Å². The summed E-state index contributed by atoms with van der Waals surface area (Å²) in [7, 11) is 0. The van der Waals surface area contributed by atoms with Gasteiger partial charge >= 0.3 is 18.0 Å². The van der Waals surface area contributed by atoms with Gasteiger partial charge in [-0.15, -0.1) is 0 Å². The molecule has 8 nitrogen and oxygen atoms in total. The summed E-state index contributed by atoms with van der Waals surface area (Å²) < 4.78 is 5.65. The van der Waals surface area contributed by atoms with E-state index in [1.54, 1.807) is 4.90 Å². The van der Waals surface area contributed by atoms with E-state index in [9.17, 15) is 14.4 Å². The van der Waals surface area contributed by atoms with Crippen LogP contribution in [0.15, 0.2) is 0 Å². The molecular formula is C13H20N2O6. The first kappa shape index (κ1) is 15.6. The highest BCUT2D eigenvalue weighted by molar-refractivity contribution is 5.86. The van der Waals surface area contributed by atoms with Crippen molar-refractivity contribution in [2.75, 3.05) is 13.2 Å². The van der Waals surface area contributed by atoms with Crippen LogP contribution in [0.2, 0.25) is 0 Å². The number of nitrogens with zero attached hydrogens (tertiary/aromatic N) is 1. The smallest absolute Gasteiger partial charge is 0.326 e. The van der Waals surface area contributed by atoms with Crippen LogP contribution in [-0.2, 0) is 14.3 Å². The zero-order chi connectivity index (χ0) is 15.4. The maximum Gasteiger partial charge on any atom is 0.326 e. The zero-order valence-corrected chi connectivity index (χ0v) is 11.7. The number of urea groups is 1. The maximum atomic E-state index is 12.3. The van der Waals surface area contributed by atoms with Crippen molar-refractivity contribution >= 4 is 18.0 Å². The summed E-state index contributed by atoms with van der Waals surface area (Å²) >= 11 is 0. The van der Waals surface area contributed by atoms with Crippen molar-refractivity contribution in [1.82, 2.24) is 10.2 Å². The van der Waals surface area contributed by atoms with Crippen molar-refractivity contribution in [3.8, 4) is 0 Å². The van der Waals surface area contributed by atoms with Crippen LogP contribution in [0.4, 0.5) is 4.79 Å². The number of rotatable bonds is 4. The van der Waals surface area contributed by atoms with Crippen LogP contribution in [0, 0.1) is 0 Å². The number of aliphatic carboxylic acids is 2. The normalized spacial score (nSPS) is 26.6. The number of ether oxygens (including phenoxy) is 1. The highest BCUT2D eigenvalue weighted by atomic mass is 16.5. The molecule has 1 saturated heterocycles. The first-order valence-electron chi connectivity index (χ1n) is 7.12. The molecular weight excluding hydrogens is 280 g/mol. The van der Waals surface area contributed by atoms with E-state index in [1.165, 1.54) is 0 Å². The molecule has 0 radical (unpaired) electrons. The molecule has 0 spiro atoms. The molecule has 2 amide bonds. The summed E-state index contributed by atoms with van der Waals surface area (Å²) in [6.07, 6.45) is 3.15. The molecule has 118 valence electrons. The minimum Gasteiger partial charge on any atom is -0.481 e. The Morgan fingerprint density at radius 1 is 1.24 bits per heavy atom. The van der Waals surface area contributed by atoms with E-state index < -0.39 is 30.4 Å². The predicted octanol–water partition coefficient (Wildman–Crippen LogP) is 0.267. The molecule has 2 unspecified atom stereocenters. The van der Waals surface area contributed by atoms with E-state index in [0.29, 0.717) is 13.2 Å². The summed E-state index contributed by atoms with van der Waals surface area (Å²) in [5.74, 6) is -2.61. The van der Waals surface area contributed by atoms with Gasteiger partial charge in [0.2, 0.25) is 0 Å². The molecule has 21 heavy (non-hydrogen) atoms. The number of carboxylic acids is 2. The van der Waals surface area contributed by atoms with Crippen molar-refractivity contribution in [2.24, 2.45) is 0 Å². The first-order valence-corrected chi connectivity index (χ1v) is 7.12. The van der Waals surface area contributed by atoms with Gasteiger partial charge in [0, 0.05) is 6.54 Å². The first-order chi connectivity index (χ1) is 9.99. The van der Waals surface area contributed by atoms with E-state index in [0.717, 1.165) is 25.7 Å². The van der Waals surface area contributed by atoms with Gasteiger partial charge in [0.05, 0.1) is 25.2 Å². The molecule has 0 aromatic carbocycles. The number of hydrogen-bond acceptors (Lipinski definition) is 4. The maximum absolute atomic E-state index is 12.3. The Bertz CT molecular complexity index is 425. The van der Waals surface area contributed by atoms with Gasteiger partial charge in [0.15, 0.2) is 0 Å². The lowest BCUT2D eigenvalue weighted by atomic mass is 9.90. The SMILES string of the molecule is O=C(O)C[C@@H](NC(=O)N1CCOC2CCCCC21)C(=O)O. The highest BCUT2D eigenvalue weighted by Gasteiger charge is 2.37. The van der Waals surface area contributed by atoms with Crippen molar-refractivity contribution in [1.29, 1.82) is 0 Å². The summed E-state index contributed by atoms with van der Waals surface area (Å²) in [5.41, 5.74) is 0. The van der Waals surface area contributed by atoms with Gasteiger partial charge in [0.25, 0.3) is 0 Å². The molecule has 0 bridgehead atoms. The standard InChI is InChI=1S/C13H20N2O6/c16-11(17)7-8(12(18)19)14-13(20)15-5-6-21-10-4-2-1-3-9(10)15/h8-10H,1-7H2,(H,14,20)(H,16,17)(H,18,19)/t8-,9?,10?/m1/s1. The minimum atomic E-state index is -1.42. The zero-order valence-electron chi connectivity index (χ0n) is 11.7. The van der Waals surface area contributed by atoms with Crippen LogP contribution in [0.25, 0.3) is 0 Å². The second-order valence-corrected chi connectivity index (χ2v) is 5.39. The second kappa shape index (κ2) is 6.75. The fraction of sp³-hybridized carbons (Fsp3) is 0.769. The van der Waals surface area contributed by atoms with Crippen LogP contribution < -0.4 is 5.32 Å². The number of hydrogen-bond donors (Lipinski definition) is 3. The minimum absolute atomic E-state index is 0.000928. The molecule has 1 saturated carbocycles. The van der Waals surface area contributed by atoms with Crippen molar-refractivity contribution in [3.63, 3.8) is 0 Å². The molecule has 2 aliphatic rings.